The zero-order valence-corrected chi connectivity index (χ0v) is 11.0. The highest BCUT2D eigenvalue weighted by atomic mass is 32.2. The Kier molecular flexibility index (Phi) is 4.91. The second kappa shape index (κ2) is 5.79. The minimum Gasteiger partial charge on any atom is -0.481 e. The Morgan fingerprint density at radius 1 is 1.59 bits per heavy atom. The molecule has 0 radical (unpaired) electrons. The second-order valence-corrected chi connectivity index (χ2v) is 6.43. The summed E-state index contributed by atoms with van der Waals surface area (Å²) in [5, 5.41) is 8.58. The van der Waals surface area contributed by atoms with E-state index in [0.717, 1.165) is 12.8 Å². The van der Waals surface area contributed by atoms with Crippen LogP contribution in [0.25, 0.3) is 0 Å². The van der Waals surface area contributed by atoms with Crippen molar-refractivity contribution in [2.75, 3.05) is 13.1 Å². The number of piperidine rings is 1. The van der Waals surface area contributed by atoms with Gasteiger partial charge in [-0.1, -0.05) is 6.92 Å². The van der Waals surface area contributed by atoms with Gasteiger partial charge in [0.05, 0.1) is 6.42 Å². The molecule has 2 atom stereocenters. The van der Waals surface area contributed by atoms with Crippen molar-refractivity contribution in [1.82, 2.24) is 9.03 Å². The quantitative estimate of drug-likeness (QED) is 0.753. The van der Waals surface area contributed by atoms with Gasteiger partial charge in [-0.15, -0.1) is 0 Å². The van der Waals surface area contributed by atoms with Crippen molar-refractivity contribution in [3.63, 3.8) is 0 Å². The first-order valence-electron chi connectivity index (χ1n) is 5.80. The number of carboxylic acid groups (broad SMARTS) is 1. The molecule has 0 amide bonds. The molecule has 100 valence electrons. The third-order valence-corrected chi connectivity index (χ3v) is 4.50. The Balaban J connectivity index is 2.58. The van der Waals surface area contributed by atoms with Crippen LogP contribution in [0.4, 0.5) is 0 Å². The largest absolute Gasteiger partial charge is 0.481 e. The molecule has 1 aliphatic rings. The standard InChI is InChI=1S/C10H20N2O4S/c1-8-4-3-5-12(7-8)17(15,16)11-9(2)6-10(13)14/h8-9,11H,3-7H2,1-2H3,(H,13,14). The summed E-state index contributed by atoms with van der Waals surface area (Å²) in [6.07, 6.45) is 1.69. The average Bonchev–Trinajstić information content (AvgIpc) is 2.15. The van der Waals surface area contributed by atoms with Crippen LogP contribution < -0.4 is 4.72 Å². The SMILES string of the molecule is CC1CCCN(S(=O)(=O)NC(C)CC(=O)O)C1. The van der Waals surface area contributed by atoms with E-state index in [9.17, 15) is 13.2 Å². The van der Waals surface area contributed by atoms with Gasteiger partial charge in [0.2, 0.25) is 0 Å². The number of carbonyl (C=O) groups is 1. The van der Waals surface area contributed by atoms with Gasteiger partial charge in [0.25, 0.3) is 10.2 Å². The van der Waals surface area contributed by atoms with E-state index in [1.54, 1.807) is 6.92 Å². The first kappa shape index (κ1) is 14.4. The van der Waals surface area contributed by atoms with Crippen molar-refractivity contribution >= 4 is 16.2 Å². The molecule has 17 heavy (non-hydrogen) atoms. The van der Waals surface area contributed by atoms with Crippen LogP contribution in [-0.4, -0.2) is 42.9 Å². The molecule has 1 rings (SSSR count). The molecule has 1 heterocycles. The lowest BCUT2D eigenvalue weighted by Crippen LogP contribution is -2.48. The van der Waals surface area contributed by atoms with E-state index in [1.165, 1.54) is 4.31 Å². The molecule has 2 N–H and O–H groups in total. The summed E-state index contributed by atoms with van der Waals surface area (Å²) in [7, 11) is -3.54. The maximum absolute atomic E-state index is 11.9. The minimum absolute atomic E-state index is 0.206. The Labute approximate surface area is 102 Å². The summed E-state index contributed by atoms with van der Waals surface area (Å²) in [5.41, 5.74) is 0. The highest BCUT2D eigenvalue weighted by molar-refractivity contribution is 7.87. The zero-order chi connectivity index (χ0) is 13.1. The normalized spacial score (nSPS) is 24.5. The number of hydrogen-bond donors (Lipinski definition) is 2. The molecule has 0 aromatic carbocycles. The summed E-state index contributed by atoms with van der Waals surface area (Å²) >= 11 is 0. The molecule has 1 saturated heterocycles. The van der Waals surface area contributed by atoms with Crippen LogP contribution in [0.1, 0.15) is 33.1 Å². The summed E-state index contributed by atoms with van der Waals surface area (Å²) < 4.78 is 27.7. The van der Waals surface area contributed by atoms with Crippen LogP contribution in [0, 0.1) is 5.92 Å². The van der Waals surface area contributed by atoms with Gasteiger partial charge in [-0.25, -0.2) is 0 Å². The van der Waals surface area contributed by atoms with Crippen molar-refractivity contribution in [2.24, 2.45) is 5.92 Å². The fraction of sp³-hybridized carbons (Fsp3) is 0.900. The number of aliphatic carboxylic acids is 1. The van der Waals surface area contributed by atoms with Gasteiger partial charge in [0.1, 0.15) is 0 Å². The number of rotatable bonds is 5. The number of nitrogens with one attached hydrogen (secondary N) is 1. The highest BCUT2D eigenvalue weighted by Gasteiger charge is 2.28. The molecular formula is C10H20N2O4S. The lowest BCUT2D eigenvalue weighted by atomic mass is 10.0. The Hall–Kier alpha value is -0.660. The number of hydrogen-bond acceptors (Lipinski definition) is 3. The Bertz CT molecular complexity index is 369. The first-order chi connectivity index (χ1) is 7.81. The van der Waals surface area contributed by atoms with Crippen molar-refractivity contribution < 1.29 is 18.3 Å². The van der Waals surface area contributed by atoms with E-state index in [4.69, 9.17) is 5.11 Å². The molecule has 6 nitrogen and oxygen atoms in total. The first-order valence-corrected chi connectivity index (χ1v) is 7.24. The molecule has 0 bridgehead atoms. The van der Waals surface area contributed by atoms with E-state index in [1.807, 2.05) is 6.92 Å². The molecule has 0 aromatic heterocycles. The van der Waals surface area contributed by atoms with Crippen LogP contribution >= 0.6 is 0 Å². The van der Waals surface area contributed by atoms with E-state index in [2.05, 4.69) is 4.72 Å². The van der Waals surface area contributed by atoms with Gasteiger partial charge in [-0.3, -0.25) is 4.79 Å². The Morgan fingerprint density at radius 3 is 2.76 bits per heavy atom. The maximum Gasteiger partial charge on any atom is 0.304 e. The molecule has 1 aliphatic heterocycles. The van der Waals surface area contributed by atoms with Gasteiger partial charge in [0, 0.05) is 19.1 Å². The molecule has 1 fully saturated rings. The summed E-state index contributed by atoms with van der Waals surface area (Å²) in [6.45, 7) is 4.59. The summed E-state index contributed by atoms with van der Waals surface area (Å²) in [4.78, 5) is 10.5. The highest BCUT2D eigenvalue weighted by Crippen LogP contribution is 2.17. The zero-order valence-electron chi connectivity index (χ0n) is 10.2. The molecular weight excluding hydrogens is 244 g/mol. The third-order valence-electron chi connectivity index (χ3n) is 2.79. The van der Waals surface area contributed by atoms with Crippen molar-refractivity contribution in [2.45, 2.75) is 39.2 Å². The topological polar surface area (TPSA) is 86.7 Å². The van der Waals surface area contributed by atoms with Gasteiger partial charge in [-0.05, 0) is 25.7 Å². The van der Waals surface area contributed by atoms with Crippen LogP contribution in [0.3, 0.4) is 0 Å². The number of nitrogens with zero attached hydrogens (tertiary/aromatic N) is 1. The molecule has 0 spiro atoms. The van der Waals surface area contributed by atoms with Gasteiger partial charge in [-0.2, -0.15) is 17.4 Å². The lowest BCUT2D eigenvalue weighted by molar-refractivity contribution is -0.137. The smallest absolute Gasteiger partial charge is 0.304 e. The molecule has 2 unspecified atom stereocenters. The predicted molar refractivity (Wildman–Crippen MR) is 63.7 cm³/mol. The van der Waals surface area contributed by atoms with E-state index >= 15 is 0 Å². The third kappa shape index (κ3) is 4.61. The minimum atomic E-state index is -3.54. The van der Waals surface area contributed by atoms with E-state index in [-0.39, 0.29) is 6.42 Å². The van der Waals surface area contributed by atoms with Crippen molar-refractivity contribution in [1.29, 1.82) is 0 Å². The average molecular weight is 264 g/mol. The summed E-state index contributed by atoms with van der Waals surface area (Å²) in [5.74, 6) is -0.651. The van der Waals surface area contributed by atoms with E-state index in [0.29, 0.717) is 19.0 Å². The Morgan fingerprint density at radius 2 is 2.24 bits per heavy atom. The summed E-state index contributed by atoms with van der Waals surface area (Å²) in [6, 6.07) is -0.588. The van der Waals surface area contributed by atoms with Crippen LogP contribution in [0.5, 0.6) is 0 Å². The van der Waals surface area contributed by atoms with Gasteiger partial charge in [0.15, 0.2) is 0 Å². The molecule has 0 saturated carbocycles. The van der Waals surface area contributed by atoms with E-state index < -0.39 is 22.2 Å². The van der Waals surface area contributed by atoms with Crippen LogP contribution in [0.2, 0.25) is 0 Å². The fourth-order valence-electron chi connectivity index (χ4n) is 2.00. The molecule has 0 aromatic rings. The van der Waals surface area contributed by atoms with Gasteiger partial charge >= 0.3 is 5.97 Å². The van der Waals surface area contributed by atoms with Gasteiger partial charge < -0.3 is 5.11 Å². The fourth-order valence-corrected chi connectivity index (χ4v) is 3.56. The van der Waals surface area contributed by atoms with Crippen molar-refractivity contribution in [3.05, 3.63) is 0 Å². The molecule has 0 aliphatic carbocycles. The van der Waals surface area contributed by atoms with Crippen LogP contribution in [-0.2, 0) is 15.0 Å². The maximum atomic E-state index is 11.9. The second-order valence-electron chi connectivity index (χ2n) is 4.73. The van der Waals surface area contributed by atoms with Crippen molar-refractivity contribution in [3.8, 4) is 0 Å². The predicted octanol–water partition coefficient (Wildman–Crippen LogP) is 0.416. The lowest BCUT2D eigenvalue weighted by Gasteiger charge is -2.30. The molecule has 7 heteroatoms. The van der Waals surface area contributed by atoms with Crippen LogP contribution in [0.15, 0.2) is 0 Å². The number of carboxylic acids is 1. The monoisotopic (exact) mass is 264 g/mol.